The lowest BCUT2D eigenvalue weighted by Gasteiger charge is -2.33. The Labute approximate surface area is 191 Å². The van der Waals surface area contributed by atoms with Gasteiger partial charge < -0.3 is 4.57 Å². The van der Waals surface area contributed by atoms with Crippen molar-refractivity contribution >= 4 is 34.4 Å². The molecule has 1 fully saturated rings. The second-order valence-corrected chi connectivity index (χ2v) is 8.92. The highest BCUT2D eigenvalue weighted by Crippen LogP contribution is 2.36. The summed E-state index contributed by atoms with van der Waals surface area (Å²) in [5, 5.41) is 1.18. The summed E-state index contributed by atoms with van der Waals surface area (Å²) in [6.07, 6.45) is 5.67. The average Bonchev–Trinajstić information content (AvgIpc) is 3.13. The maximum Gasteiger partial charge on any atom is 0.163 e. The van der Waals surface area contributed by atoms with Crippen LogP contribution in [0.5, 0.6) is 0 Å². The molecular formula is C24H23Cl2N5. The maximum atomic E-state index is 6.54. The summed E-state index contributed by atoms with van der Waals surface area (Å²) in [6.45, 7) is 3.96. The Kier molecular flexibility index (Phi) is 5.90. The minimum atomic E-state index is 0.491. The van der Waals surface area contributed by atoms with E-state index in [0.29, 0.717) is 16.0 Å². The monoisotopic (exact) mass is 451 g/mol. The van der Waals surface area contributed by atoms with Crippen molar-refractivity contribution in [3.05, 3.63) is 76.7 Å². The zero-order chi connectivity index (χ0) is 21.2. The van der Waals surface area contributed by atoms with Crippen LogP contribution < -0.4 is 0 Å². The van der Waals surface area contributed by atoms with Gasteiger partial charge in [0.05, 0.1) is 21.8 Å². The zero-order valence-corrected chi connectivity index (χ0v) is 18.6. The maximum absolute atomic E-state index is 6.54. The smallest absolute Gasteiger partial charge is 0.163 e. The van der Waals surface area contributed by atoms with Crippen molar-refractivity contribution in [2.45, 2.75) is 25.9 Å². The molecule has 0 unspecified atom stereocenters. The van der Waals surface area contributed by atoms with Gasteiger partial charge in [0.25, 0.3) is 0 Å². The molecule has 0 spiro atoms. The second kappa shape index (κ2) is 8.95. The molecule has 0 radical (unpaired) electrons. The fourth-order valence-electron chi connectivity index (χ4n) is 4.50. The fraction of sp³-hybridized carbons (Fsp3) is 0.292. The molecule has 0 bridgehead atoms. The number of imidazole rings is 1. The SMILES string of the molecule is Clc1cccc(Cl)c1-c1nc2cncnc2n1C[C@@H]1CCCN(Cc2ccccc2)C1. The highest BCUT2D eigenvalue weighted by Gasteiger charge is 2.25. The molecule has 5 nitrogen and oxygen atoms in total. The van der Waals surface area contributed by atoms with Gasteiger partial charge in [0.15, 0.2) is 5.65 Å². The van der Waals surface area contributed by atoms with Crippen LogP contribution in [-0.2, 0) is 13.1 Å². The first kappa shape index (κ1) is 20.4. The number of halogens is 2. The normalized spacial score (nSPS) is 17.3. The van der Waals surface area contributed by atoms with Crippen LogP contribution in [-0.4, -0.2) is 37.5 Å². The van der Waals surface area contributed by atoms with E-state index in [4.69, 9.17) is 28.2 Å². The van der Waals surface area contributed by atoms with E-state index in [2.05, 4.69) is 49.8 Å². The lowest BCUT2D eigenvalue weighted by molar-refractivity contribution is 0.157. The number of likely N-dealkylation sites (tertiary alicyclic amines) is 1. The molecule has 4 aromatic rings. The van der Waals surface area contributed by atoms with Crippen molar-refractivity contribution in [2.75, 3.05) is 13.1 Å². The van der Waals surface area contributed by atoms with Crippen LogP contribution in [0.2, 0.25) is 10.0 Å². The van der Waals surface area contributed by atoms with Crippen molar-refractivity contribution < 1.29 is 0 Å². The second-order valence-electron chi connectivity index (χ2n) is 8.10. The topological polar surface area (TPSA) is 46.8 Å². The molecule has 0 amide bonds. The van der Waals surface area contributed by atoms with Gasteiger partial charge in [-0.2, -0.15) is 0 Å². The van der Waals surface area contributed by atoms with E-state index in [1.807, 2.05) is 18.2 Å². The van der Waals surface area contributed by atoms with Crippen molar-refractivity contribution in [3.63, 3.8) is 0 Å². The van der Waals surface area contributed by atoms with Crippen molar-refractivity contribution in [2.24, 2.45) is 5.92 Å². The first-order valence-electron chi connectivity index (χ1n) is 10.6. The molecule has 1 aliphatic heterocycles. The van der Waals surface area contributed by atoms with Crippen LogP contribution >= 0.6 is 23.2 Å². The lowest BCUT2D eigenvalue weighted by atomic mass is 9.97. The minimum absolute atomic E-state index is 0.491. The summed E-state index contributed by atoms with van der Waals surface area (Å²) in [7, 11) is 0. The Hall–Kier alpha value is -2.47. The molecule has 1 saturated heterocycles. The number of nitrogens with zero attached hydrogens (tertiary/aromatic N) is 5. The lowest BCUT2D eigenvalue weighted by Crippen LogP contribution is -2.36. The van der Waals surface area contributed by atoms with Crippen LogP contribution in [0.4, 0.5) is 0 Å². The first-order chi connectivity index (χ1) is 15.2. The van der Waals surface area contributed by atoms with Crippen molar-refractivity contribution in [3.8, 4) is 11.4 Å². The van der Waals surface area contributed by atoms with Gasteiger partial charge >= 0.3 is 0 Å². The molecule has 0 aliphatic carbocycles. The summed E-state index contributed by atoms with van der Waals surface area (Å²) < 4.78 is 2.17. The molecular weight excluding hydrogens is 429 g/mol. The van der Waals surface area contributed by atoms with Gasteiger partial charge in [0.1, 0.15) is 17.7 Å². The Morgan fingerprint density at radius 1 is 1.00 bits per heavy atom. The molecule has 7 heteroatoms. The number of hydrogen-bond acceptors (Lipinski definition) is 4. The fourth-order valence-corrected chi connectivity index (χ4v) is 5.06. The van der Waals surface area contributed by atoms with E-state index < -0.39 is 0 Å². The average molecular weight is 452 g/mol. The molecule has 3 heterocycles. The molecule has 0 saturated carbocycles. The molecule has 0 N–H and O–H groups in total. The molecule has 5 rings (SSSR count). The van der Waals surface area contributed by atoms with Gasteiger partial charge in [-0.15, -0.1) is 0 Å². The van der Waals surface area contributed by atoms with E-state index in [1.54, 1.807) is 12.5 Å². The van der Waals surface area contributed by atoms with E-state index in [-0.39, 0.29) is 0 Å². The van der Waals surface area contributed by atoms with Gasteiger partial charge in [-0.05, 0) is 43.0 Å². The van der Waals surface area contributed by atoms with Gasteiger partial charge in [-0.3, -0.25) is 4.90 Å². The zero-order valence-electron chi connectivity index (χ0n) is 17.1. The molecule has 2 aromatic carbocycles. The molecule has 158 valence electrons. The number of rotatable bonds is 5. The number of hydrogen-bond donors (Lipinski definition) is 0. The van der Waals surface area contributed by atoms with Crippen LogP contribution in [0, 0.1) is 5.92 Å². The highest BCUT2D eigenvalue weighted by atomic mass is 35.5. The highest BCUT2D eigenvalue weighted by molar-refractivity contribution is 6.39. The number of aromatic nitrogens is 4. The van der Waals surface area contributed by atoms with Crippen molar-refractivity contribution in [1.29, 1.82) is 0 Å². The van der Waals surface area contributed by atoms with Gasteiger partial charge in [-0.1, -0.05) is 59.6 Å². The van der Waals surface area contributed by atoms with Crippen molar-refractivity contribution in [1.82, 2.24) is 24.4 Å². The van der Waals surface area contributed by atoms with Gasteiger partial charge in [0.2, 0.25) is 0 Å². The minimum Gasteiger partial charge on any atom is -0.308 e. The Bertz CT molecular complexity index is 1170. The van der Waals surface area contributed by atoms with E-state index >= 15 is 0 Å². The number of piperidine rings is 1. The number of benzene rings is 2. The third-order valence-electron chi connectivity index (χ3n) is 5.89. The molecule has 1 aliphatic rings. The third kappa shape index (κ3) is 4.31. The Balaban J connectivity index is 1.46. The summed E-state index contributed by atoms with van der Waals surface area (Å²) in [5.41, 5.74) is 3.68. The van der Waals surface area contributed by atoms with Gasteiger partial charge in [0, 0.05) is 19.6 Å². The summed E-state index contributed by atoms with van der Waals surface area (Å²) in [6, 6.07) is 16.2. The molecule has 31 heavy (non-hydrogen) atoms. The third-order valence-corrected chi connectivity index (χ3v) is 6.52. The Morgan fingerprint density at radius 2 is 1.81 bits per heavy atom. The van der Waals surface area contributed by atoms with E-state index in [1.165, 1.54) is 18.4 Å². The number of fused-ring (bicyclic) bond motifs is 1. The van der Waals surface area contributed by atoms with Crippen LogP contribution in [0.15, 0.2) is 61.1 Å². The predicted molar refractivity (Wildman–Crippen MR) is 125 cm³/mol. The largest absolute Gasteiger partial charge is 0.308 e. The first-order valence-corrected chi connectivity index (χ1v) is 11.3. The molecule has 1 atom stereocenters. The predicted octanol–water partition coefficient (Wildman–Crippen LogP) is 5.71. The van der Waals surface area contributed by atoms with E-state index in [9.17, 15) is 0 Å². The molecule has 2 aromatic heterocycles. The summed E-state index contributed by atoms with van der Waals surface area (Å²) >= 11 is 13.1. The van der Waals surface area contributed by atoms with Gasteiger partial charge in [-0.25, -0.2) is 15.0 Å². The van der Waals surface area contributed by atoms with Crippen LogP contribution in [0.1, 0.15) is 18.4 Å². The standard InChI is InChI=1S/C24H23Cl2N5/c25-19-9-4-10-20(26)22(19)24-29-21-12-27-16-28-23(21)31(24)15-18-8-5-11-30(14-18)13-17-6-2-1-3-7-17/h1-4,6-7,9-10,12,16,18H,5,8,11,13-15H2/t18-/m1/s1. The van der Waals surface area contributed by atoms with E-state index in [0.717, 1.165) is 48.7 Å². The summed E-state index contributed by atoms with van der Waals surface area (Å²) in [5.74, 6) is 1.25. The summed E-state index contributed by atoms with van der Waals surface area (Å²) in [4.78, 5) is 16.0. The Morgan fingerprint density at radius 3 is 2.61 bits per heavy atom. The van der Waals surface area contributed by atoms with Crippen LogP contribution in [0.3, 0.4) is 0 Å². The quantitative estimate of drug-likeness (QED) is 0.389. The van der Waals surface area contributed by atoms with Crippen LogP contribution in [0.25, 0.3) is 22.6 Å².